The van der Waals surface area contributed by atoms with Gasteiger partial charge in [-0.3, -0.25) is 4.79 Å². The molecule has 0 aliphatic carbocycles. The maximum atomic E-state index is 12.5. The Hall–Kier alpha value is -2.89. The lowest BCUT2D eigenvalue weighted by molar-refractivity contribution is -0.135. The van der Waals surface area contributed by atoms with Gasteiger partial charge in [-0.15, -0.1) is 0 Å². The standard InChI is InChI=1S/C17H17N3O3/c1-17(16(21)19-15-9-5-6-10-18-15)11-13(20-23-17)12-7-3-4-8-14(12)22-2/h3-10H,11H2,1-2H3,(H,18,19,21). The molecular formula is C17H17N3O3. The number of carbonyl (C=O) groups is 1. The molecule has 118 valence electrons. The van der Waals surface area contributed by atoms with Gasteiger partial charge in [-0.1, -0.05) is 23.4 Å². The van der Waals surface area contributed by atoms with E-state index in [0.29, 0.717) is 23.7 Å². The largest absolute Gasteiger partial charge is 0.496 e. The van der Waals surface area contributed by atoms with E-state index in [2.05, 4.69) is 15.5 Å². The third kappa shape index (κ3) is 3.01. The van der Waals surface area contributed by atoms with Crippen LogP contribution in [0.25, 0.3) is 0 Å². The summed E-state index contributed by atoms with van der Waals surface area (Å²) < 4.78 is 5.34. The van der Waals surface area contributed by atoms with E-state index in [9.17, 15) is 4.79 Å². The number of ether oxygens (including phenoxy) is 1. The van der Waals surface area contributed by atoms with Crippen molar-refractivity contribution in [2.45, 2.75) is 18.9 Å². The monoisotopic (exact) mass is 311 g/mol. The number of hydrogen-bond donors (Lipinski definition) is 1. The number of para-hydroxylation sites is 1. The van der Waals surface area contributed by atoms with E-state index in [1.54, 1.807) is 38.4 Å². The summed E-state index contributed by atoms with van der Waals surface area (Å²) in [5, 5.41) is 6.83. The number of rotatable bonds is 4. The number of methoxy groups -OCH3 is 1. The first-order valence-electron chi connectivity index (χ1n) is 7.23. The number of anilines is 1. The lowest BCUT2D eigenvalue weighted by Crippen LogP contribution is -2.40. The lowest BCUT2D eigenvalue weighted by Gasteiger charge is -2.20. The van der Waals surface area contributed by atoms with Gasteiger partial charge in [0.25, 0.3) is 5.91 Å². The van der Waals surface area contributed by atoms with Gasteiger partial charge in [0, 0.05) is 18.2 Å². The van der Waals surface area contributed by atoms with E-state index in [4.69, 9.17) is 9.57 Å². The fourth-order valence-corrected chi connectivity index (χ4v) is 2.37. The van der Waals surface area contributed by atoms with Crippen molar-refractivity contribution in [2.24, 2.45) is 5.16 Å². The number of pyridine rings is 1. The highest BCUT2D eigenvalue weighted by atomic mass is 16.7. The molecule has 3 rings (SSSR count). The second-order valence-electron chi connectivity index (χ2n) is 5.41. The minimum Gasteiger partial charge on any atom is -0.496 e. The molecule has 0 saturated heterocycles. The van der Waals surface area contributed by atoms with Crippen molar-refractivity contribution < 1.29 is 14.4 Å². The van der Waals surface area contributed by atoms with Crippen LogP contribution in [0.15, 0.2) is 53.8 Å². The Bertz CT molecular complexity index is 746. The highest BCUT2D eigenvalue weighted by Crippen LogP contribution is 2.31. The van der Waals surface area contributed by atoms with Crippen molar-refractivity contribution in [3.05, 3.63) is 54.2 Å². The molecule has 0 radical (unpaired) electrons. The van der Waals surface area contributed by atoms with Crippen LogP contribution in [0.5, 0.6) is 5.75 Å². The van der Waals surface area contributed by atoms with Crippen LogP contribution < -0.4 is 10.1 Å². The predicted molar refractivity (Wildman–Crippen MR) is 86.5 cm³/mol. The molecule has 1 aliphatic heterocycles. The summed E-state index contributed by atoms with van der Waals surface area (Å²) in [6.45, 7) is 1.71. The number of benzene rings is 1. The Kier molecular flexibility index (Phi) is 3.97. The molecule has 1 amide bonds. The quantitative estimate of drug-likeness (QED) is 0.942. The molecule has 6 nitrogen and oxygen atoms in total. The van der Waals surface area contributed by atoms with E-state index in [0.717, 1.165) is 5.56 Å². The molecule has 0 spiro atoms. The van der Waals surface area contributed by atoms with Gasteiger partial charge in [0.2, 0.25) is 5.60 Å². The van der Waals surface area contributed by atoms with Gasteiger partial charge in [0.05, 0.1) is 12.8 Å². The second-order valence-corrected chi connectivity index (χ2v) is 5.41. The van der Waals surface area contributed by atoms with Crippen LogP contribution in [-0.2, 0) is 9.63 Å². The van der Waals surface area contributed by atoms with Crippen LogP contribution in [0, 0.1) is 0 Å². The summed E-state index contributed by atoms with van der Waals surface area (Å²) in [6.07, 6.45) is 1.97. The SMILES string of the molecule is COc1ccccc1C1=NOC(C)(C(=O)Nc2ccccn2)C1. The fourth-order valence-electron chi connectivity index (χ4n) is 2.37. The van der Waals surface area contributed by atoms with Crippen LogP contribution in [0.2, 0.25) is 0 Å². The zero-order chi connectivity index (χ0) is 16.3. The van der Waals surface area contributed by atoms with Crippen LogP contribution in [0.4, 0.5) is 5.82 Å². The summed E-state index contributed by atoms with van der Waals surface area (Å²) in [5.41, 5.74) is 0.429. The first-order valence-corrected chi connectivity index (χ1v) is 7.23. The van der Waals surface area contributed by atoms with Crippen LogP contribution in [0.1, 0.15) is 18.9 Å². The van der Waals surface area contributed by atoms with Gasteiger partial charge in [0.15, 0.2) is 0 Å². The molecule has 1 aromatic heterocycles. The van der Waals surface area contributed by atoms with E-state index in [1.165, 1.54) is 0 Å². The van der Waals surface area contributed by atoms with Crippen LogP contribution >= 0.6 is 0 Å². The Labute approximate surface area is 134 Å². The molecule has 1 aliphatic rings. The molecule has 0 fully saturated rings. The molecule has 6 heteroatoms. The fraction of sp³-hybridized carbons (Fsp3) is 0.235. The van der Waals surface area contributed by atoms with Crippen molar-refractivity contribution in [1.29, 1.82) is 0 Å². The first kappa shape index (κ1) is 15.0. The maximum absolute atomic E-state index is 12.5. The highest BCUT2D eigenvalue weighted by molar-refractivity contribution is 6.09. The molecule has 1 aromatic carbocycles. The third-order valence-electron chi connectivity index (χ3n) is 3.67. The number of aromatic nitrogens is 1. The minimum absolute atomic E-state index is 0.287. The lowest BCUT2D eigenvalue weighted by atomic mass is 9.94. The Morgan fingerprint density at radius 3 is 2.78 bits per heavy atom. The van der Waals surface area contributed by atoms with E-state index < -0.39 is 5.60 Å². The molecule has 23 heavy (non-hydrogen) atoms. The van der Waals surface area contributed by atoms with Crippen molar-refractivity contribution in [3.8, 4) is 5.75 Å². The van der Waals surface area contributed by atoms with E-state index >= 15 is 0 Å². The number of carbonyl (C=O) groups excluding carboxylic acids is 1. The van der Waals surface area contributed by atoms with Gasteiger partial charge >= 0.3 is 0 Å². The van der Waals surface area contributed by atoms with Gasteiger partial charge in [-0.05, 0) is 31.2 Å². The maximum Gasteiger partial charge on any atom is 0.272 e. The first-order chi connectivity index (χ1) is 11.1. The smallest absolute Gasteiger partial charge is 0.272 e. The van der Waals surface area contributed by atoms with Crippen molar-refractivity contribution in [2.75, 3.05) is 12.4 Å². The average Bonchev–Trinajstić information content (AvgIpc) is 2.99. The summed E-state index contributed by atoms with van der Waals surface area (Å²) in [6, 6.07) is 12.8. The molecule has 2 heterocycles. The number of hydrogen-bond acceptors (Lipinski definition) is 5. The van der Waals surface area contributed by atoms with Gasteiger partial charge in [-0.25, -0.2) is 4.98 Å². The number of oxime groups is 1. The second kappa shape index (κ2) is 6.08. The molecule has 0 saturated carbocycles. The molecule has 1 N–H and O–H groups in total. The van der Waals surface area contributed by atoms with Crippen molar-refractivity contribution in [3.63, 3.8) is 0 Å². The number of amides is 1. The van der Waals surface area contributed by atoms with E-state index in [1.807, 2.05) is 24.3 Å². The van der Waals surface area contributed by atoms with Gasteiger partial charge in [-0.2, -0.15) is 0 Å². The zero-order valence-electron chi connectivity index (χ0n) is 12.9. The molecule has 1 unspecified atom stereocenters. The predicted octanol–water partition coefficient (Wildman–Crippen LogP) is 2.61. The van der Waals surface area contributed by atoms with Crippen molar-refractivity contribution in [1.82, 2.24) is 4.98 Å². The van der Waals surface area contributed by atoms with Gasteiger partial charge in [0.1, 0.15) is 11.6 Å². The summed E-state index contributed by atoms with van der Waals surface area (Å²) >= 11 is 0. The van der Waals surface area contributed by atoms with Crippen LogP contribution in [-0.4, -0.2) is 29.3 Å². The molecule has 1 atom stereocenters. The molecular weight excluding hydrogens is 294 g/mol. The molecule has 2 aromatic rings. The van der Waals surface area contributed by atoms with E-state index in [-0.39, 0.29) is 5.91 Å². The number of nitrogens with zero attached hydrogens (tertiary/aromatic N) is 2. The third-order valence-corrected chi connectivity index (χ3v) is 3.67. The van der Waals surface area contributed by atoms with Gasteiger partial charge < -0.3 is 14.9 Å². The van der Waals surface area contributed by atoms with Crippen LogP contribution in [0.3, 0.4) is 0 Å². The Morgan fingerprint density at radius 2 is 2.04 bits per heavy atom. The van der Waals surface area contributed by atoms with Crippen molar-refractivity contribution >= 4 is 17.4 Å². The Balaban J connectivity index is 1.75. The molecule has 0 bridgehead atoms. The summed E-state index contributed by atoms with van der Waals surface area (Å²) in [4.78, 5) is 22.0. The zero-order valence-corrected chi connectivity index (χ0v) is 12.9. The average molecular weight is 311 g/mol. The highest BCUT2D eigenvalue weighted by Gasteiger charge is 2.42. The Morgan fingerprint density at radius 1 is 1.26 bits per heavy atom. The summed E-state index contributed by atoms with van der Waals surface area (Å²) in [5.74, 6) is 0.891. The topological polar surface area (TPSA) is 72.8 Å². The summed E-state index contributed by atoms with van der Waals surface area (Å²) in [7, 11) is 1.60. The normalized spacial score (nSPS) is 19.7. The minimum atomic E-state index is -1.08. The number of nitrogens with one attached hydrogen (secondary N) is 1.